The summed E-state index contributed by atoms with van der Waals surface area (Å²) in [5.74, 6) is 2.19. The Kier molecular flexibility index (Phi) is 5.92. The maximum atomic E-state index is 12.9. The Morgan fingerprint density at radius 3 is 2.71 bits per heavy atom. The topological polar surface area (TPSA) is 110 Å². The molecule has 164 valence electrons. The van der Waals surface area contributed by atoms with Crippen LogP contribution in [-0.2, 0) is 0 Å². The van der Waals surface area contributed by atoms with Gasteiger partial charge in [-0.1, -0.05) is 0 Å². The predicted octanol–water partition coefficient (Wildman–Crippen LogP) is 1.56. The highest BCUT2D eigenvalue weighted by atomic mass is 35.5. The van der Waals surface area contributed by atoms with Crippen molar-refractivity contribution in [2.75, 3.05) is 43.0 Å². The fourth-order valence-corrected chi connectivity index (χ4v) is 4.21. The monoisotopic (exact) mass is 444 g/mol. The fraction of sp³-hybridized carbons (Fsp3) is 0.450. The fourth-order valence-electron chi connectivity index (χ4n) is 4.21. The van der Waals surface area contributed by atoms with Crippen LogP contribution in [0, 0.1) is 18.8 Å². The van der Waals surface area contributed by atoms with Gasteiger partial charge in [0.15, 0.2) is 5.65 Å². The van der Waals surface area contributed by atoms with Gasteiger partial charge >= 0.3 is 0 Å². The van der Waals surface area contributed by atoms with Crippen LogP contribution in [0.4, 0.5) is 11.8 Å². The summed E-state index contributed by atoms with van der Waals surface area (Å²) in [5.41, 5.74) is 1.88. The van der Waals surface area contributed by atoms with E-state index >= 15 is 0 Å². The van der Waals surface area contributed by atoms with Crippen molar-refractivity contribution in [3.63, 3.8) is 0 Å². The van der Waals surface area contributed by atoms with Gasteiger partial charge in [0, 0.05) is 38.6 Å². The molecular weight excluding hydrogens is 420 g/mol. The number of carbonyl (C=O) groups is 1. The van der Waals surface area contributed by atoms with E-state index in [0.29, 0.717) is 30.2 Å². The van der Waals surface area contributed by atoms with Gasteiger partial charge in [0.05, 0.1) is 24.7 Å². The minimum absolute atomic E-state index is 0. The zero-order valence-corrected chi connectivity index (χ0v) is 18.2. The van der Waals surface area contributed by atoms with Crippen LogP contribution in [0.5, 0.6) is 5.88 Å². The number of nitrogens with one attached hydrogen (secondary N) is 2. The molecule has 1 amide bonds. The first-order valence-corrected chi connectivity index (χ1v) is 10.2. The largest absolute Gasteiger partial charge is 0.477 e. The number of halogens is 1. The number of nitrogens with zero attached hydrogens (tertiary/aromatic N) is 6. The number of amides is 1. The minimum Gasteiger partial charge on any atom is -0.477 e. The summed E-state index contributed by atoms with van der Waals surface area (Å²) in [5, 5.41) is 6.23. The van der Waals surface area contributed by atoms with E-state index in [4.69, 9.17) is 4.74 Å². The van der Waals surface area contributed by atoms with E-state index in [1.807, 2.05) is 24.4 Å². The lowest BCUT2D eigenvalue weighted by Crippen LogP contribution is -2.27. The summed E-state index contributed by atoms with van der Waals surface area (Å²) in [6.45, 7) is 8.09. The van der Waals surface area contributed by atoms with Crippen molar-refractivity contribution in [1.82, 2.24) is 29.7 Å². The number of aryl methyl sites for hydroxylation is 1. The molecule has 3 aromatic heterocycles. The van der Waals surface area contributed by atoms with Crippen LogP contribution in [0.15, 0.2) is 24.8 Å². The van der Waals surface area contributed by atoms with Crippen molar-refractivity contribution in [3.05, 3.63) is 36.0 Å². The second-order valence-electron chi connectivity index (χ2n) is 7.78. The van der Waals surface area contributed by atoms with Crippen LogP contribution >= 0.6 is 12.4 Å². The number of aromatic nitrogens is 5. The van der Waals surface area contributed by atoms with Crippen LogP contribution < -0.4 is 20.3 Å². The smallest absolute Gasteiger partial charge is 0.263 e. The van der Waals surface area contributed by atoms with Gasteiger partial charge in [-0.3, -0.25) is 4.79 Å². The molecule has 0 bridgehead atoms. The maximum Gasteiger partial charge on any atom is 0.263 e. The van der Waals surface area contributed by atoms with Gasteiger partial charge in [-0.15, -0.1) is 12.4 Å². The predicted molar refractivity (Wildman–Crippen MR) is 118 cm³/mol. The van der Waals surface area contributed by atoms with Gasteiger partial charge in [0.25, 0.3) is 5.91 Å². The van der Waals surface area contributed by atoms with E-state index in [2.05, 4.69) is 35.5 Å². The molecule has 0 radical (unpaired) electrons. The Bertz CT molecular complexity index is 1090. The second kappa shape index (κ2) is 8.64. The molecule has 2 saturated heterocycles. The normalized spacial score (nSPS) is 19.9. The van der Waals surface area contributed by atoms with Crippen molar-refractivity contribution in [1.29, 1.82) is 0 Å². The van der Waals surface area contributed by atoms with E-state index in [1.165, 1.54) is 6.20 Å². The van der Waals surface area contributed by atoms with Crippen LogP contribution in [0.3, 0.4) is 0 Å². The molecule has 2 atom stereocenters. The molecule has 2 fully saturated rings. The second-order valence-corrected chi connectivity index (χ2v) is 7.78. The minimum atomic E-state index is -0.365. The highest BCUT2D eigenvalue weighted by Crippen LogP contribution is 2.30. The Labute approximate surface area is 185 Å². The van der Waals surface area contributed by atoms with E-state index in [-0.39, 0.29) is 29.8 Å². The van der Waals surface area contributed by atoms with Crippen molar-refractivity contribution in [2.24, 2.45) is 11.8 Å². The first-order chi connectivity index (χ1) is 14.6. The molecule has 10 nitrogen and oxygen atoms in total. The number of fused-ring (bicyclic) bond motifs is 2. The van der Waals surface area contributed by atoms with Gasteiger partial charge in [-0.2, -0.15) is 4.98 Å². The average Bonchev–Trinajstić information content (AvgIpc) is 3.41. The van der Waals surface area contributed by atoms with Crippen molar-refractivity contribution >= 4 is 35.7 Å². The van der Waals surface area contributed by atoms with Crippen molar-refractivity contribution in [3.8, 4) is 5.88 Å². The van der Waals surface area contributed by atoms with Crippen LogP contribution in [0.2, 0.25) is 0 Å². The van der Waals surface area contributed by atoms with E-state index in [1.54, 1.807) is 12.4 Å². The van der Waals surface area contributed by atoms with Gasteiger partial charge in [0.2, 0.25) is 11.8 Å². The van der Waals surface area contributed by atoms with Gasteiger partial charge in [-0.05, 0) is 25.7 Å². The lowest BCUT2D eigenvalue weighted by molar-refractivity contribution is 0.102. The summed E-state index contributed by atoms with van der Waals surface area (Å²) in [4.78, 5) is 32.7. The Hall–Kier alpha value is -2.98. The lowest BCUT2D eigenvalue weighted by atomic mass is 10.0. The molecule has 2 aliphatic heterocycles. The molecule has 5 heterocycles. The summed E-state index contributed by atoms with van der Waals surface area (Å²) >= 11 is 0. The molecule has 2 unspecified atom stereocenters. The average molecular weight is 445 g/mol. The maximum absolute atomic E-state index is 12.9. The number of anilines is 2. The van der Waals surface area contributed by atoms with Crippen molar-refractivity contribution < 1.29 is 9.53 Å². The molecule has 0 saturated carbocycles. The molecule has 11 heteroatoms. The number of hydrogen-bond acceptors (Lipinski definition) is 8. The zero-order chi connectivity index (χ0) is 20.7. The zero-order valence-electron chi connectivity index (χ0n) is 17.4. The molecule has 0 aliphatic carbocycles. The van der Waals surface area contributed by atoms with Crippen LogP contribution in [-0.4, -0.2) is 63.0 Å². The number of hydrogen-bond donors (Lipinski definition) is 2. The quantitative estimate of drug-likeness (QED) is 0.610. The third kappa shape index (κ3) is 4.13. The Morgan fingerprint density at radius 1 is 1.19 bits per heavy atom. The number of imidazole rings is 1. The van der Waals surface area contributed by atoms with E-state index in [0.717, 1.165) is 37.5 Å². The first kappa shape index (κ1) is 21.3. The summed E-state index contributed by atoms with van der Waals surface area (Å²) in [7, 11) is 0. The van der Waals surface area contributed by atoms with Gasteiger partial charge in [0.1, 0.15) is 11.4 Å². The molecule has 2 aliphatic rings. The highest BCUT2D eigenvalue weighted by Gasteiger charge is 2.37. The number of rotatable bonds is 5. The standard InChI is InChI=1S/C20H24N8O2.ClH/c1-3-30-19-15(6-23-20(26-19)28-9-13-4-21-5-14(13)10-28)18(29)25-16-11-27-8-12(2)24-17(27)7-22-16;/h6-8,11,13-14,21H,3-5,9-10H2,1-2H3,(H,25,29);1H. The summed E-state index contributed by atoms with van der Waals surface area (Å²) < 4.78 is 7.50. The first-order valence-electron chi connectivity index (χ1n) is 10.2. The molecule has 31 heavy (non-hydrogen) atoms. The van der Waals surface area contributed by atoms with E-state index < -0.39 is 0 Å². The third-order valence-corrected chi connectivity index (χ3v) is 5.64. The molecule has 0 spiro atoms. The third-order valence-electron chi connectivity index (χ3n) is 5.64. The number of carbonyl (C=O) groups excluding carboxylic acids is 1. The van der Waals surface area contributed by atoms with Crippen LogP contribution in [0.25, 0.3) is 5.65 Å². The van der Waals surface area contributed by atoms with Gasteiger partial charge in [-0.25, -0.2) is 15.0 Å². The SMILES string of the molecule is CCOc1nc(N2CC3CNCC3C2)ncc1C(=O)Nc1cn2cc(C)nc2cn1.Cl. The molecule has 2 N–H and O–H groups in total. The lowest BCUT2D eigenvalue weighted by Gasteiger charge is -2.19. The Morgan fingerprint density at radius 2 is 1.97 bits per heavy atom. The van der Waals surface area contributed by atoms with Gasteiger partial charge < -0.3 is 24.7 Å². The molecule has 0 aromatic carbocycles. The molecular formula is C20H25ClN8O2. The van der Waals surface area contributed by atoms with Crippen LogP contribution in [0.1, 0.15) is 23.0 Å². The van der Waals surface area contributed by atoms with Crippen molar-refractivity contribution in [2.45, 2.75) is 13.8 Å². The molecule has 3 aromatic rings. The summed E-state index contributed by atoms with van der Waals surface area (Å²) in [6.07, 6.45) is 6.75. The summed E-state index contributed by atoms with van der Waals surface area (Å²) in [6, 6.07) is 0. The number of ether oxygens (including phenoxy) is 1. The van der Waals surface area contributed by atoms with E-state index in [9.17, 15) is 4.79 Å². The Balaban J connectivity index is 0.00000231. The highest BCUT2D eigenvalue weighted by molar-refractivity contribution is 6.05. The molecule has 5 rings (SSSR count).